The first kappa shape index (κ1) is 15.9. The molecule has 3 N–H and O–H groups in total. The summed E-state index contributed by atoms with van der Waals surface area (Å²) in [5.41, 5.74) is -1.11. The predicted molar refractivity (Wildman–Crippen MR) is 72.4 cm³/mol. The Balaban J connectivity index is 2.14. The van der Waals surface area contributed by atoms with E-state index in [1.165, 1.54) is 0 Å². The fourth-order valence-electron chi connectivity index (χ4n) is 1.94. The van der Waals surface area contributed by atoms with E-state index in [2.05, 4.69) is 25.6 Å². The molecule has 0 unspecified atom stereocenters. The standard InChI is InChI=1S/C12H16F2N6O2/c1-6(2)5-20-9(10(13)14)7(3-16-20)11(21)15-4-8-17-12(22)19-18-8/h3,6,10H,4-5H2,1-2H3,(H,15,21)(H2,17,18,19,22). The smallest absolute Gasteiger partial charge is 0.340 e. The molecule has 0 aliphatic rings. The molecule has 2 rings (SSSR count). The van der Waals surface area contributed by atoms with E-state index in [4.69, 9.17) is 0 Å². The van der Waals surface area contributed by atoms with Gasteiger partial charge in [0.05, 0.1) is 18.3 Å². The summed E-state index contributed by atoms with van der Waals surface area (Å²) in [5, 5.41) is 12.0. The van der Waals surface area contributed by atoms with Crippen LogP contribution in [0.25, 0.3) is 0 Å². The normalized spacial score (nSPS) is 11.4. The zero-order valence-electron chi connectivity index (χ0n) is 12.1. The van der Waals surface area contributed by atoms with E-state index in [1.54, 1.807) is 0 Å². The Morgan fingerprint density at radius 1 is 1.45 bits per heavy atom. The monoisotopic (exact) mass is 314 g/mol. The van der Waals surface area contributed by atoms with Gasteiger partial charge in [-0.1, -0.05) is 13.8 Å². The van der Waals surface area contributed by atoms with Crippen LogP contribution in [0.2, 0.25) is 0 Å². The maximum Gasteiger partial charge on any atom is 0.340 e. The molecule has 0 saturated carbocycles. The van der Waals surface area contributed by atoms with Gasteiger partial charge in [0.25, 0.3) is 12.3 Å². The van der Waals surface area contributed by atoms with E-state index < -0.39 is 23.7 Å². The van der Waals surface area contributed by atoms with Gasteiger partial charge in [-0.25, -0.2) is 18.7 Å². The summed E-state index contributed by atoms with van der Waals surface area (Å²) in [7, 11) is 0. The van der Waals surface area contributed by atoms with Crippen LogP contribution in [0.3, 0.4) is 0 Å². The topological polar surface area (TPSA) is 108 Å². The van der Waals surface area contributed by atoms with Crippen LogP contribution < -0.4 is 11.0 Å². The van der Waals surface area contributed by atoms with Crippen LogP contribution >= 0.6 is 0 Å². The van der Waals surface area contributed by atoms with Crippen molar-refractivity contribution in [2.75, 3.05) is 0 Å². The first-order valence-corrected chi connectivity index (χ1v) is 6.64. The van der Waals surface area contributed by atoms with Crippen molar-refractivity contribution in [3.63, 3.8) is 0 Å². The molecule has 0 bridgehead atoms. The van der Waals surface area contributed by atoms with E-state index in [1.807, 2.05) is 13.8 Å². The van der Waals surface area contributed by atoms with Crippen molar-refractivity contribution in [2.45, 2.75) is 33.4 Å². The number of aromatic amines is 2. The van der Waals surface area contributed by atoms with Gasteiger partial charge in [0.1, 0.15) is 11.5 Å². The molecule has 0 aliphatic carbocycles. The number of aromatic nitrogens is 5. The van der Waals surface area contributed by atoms with Crippen LogP contribution in [0, 0.1) is 5.92 Å². The van der Waals surface area contributed by atoms with Crippen LogP contribution in [-0.4, -0.2) is 30.9 Å². The summed E-state index contributed by atoms with van der Waals surface area (Å²) >= 11 is 0. The average molecular weight is 314 g/mol. The largest absolute Gasteiger partial charge is 0.345 e. The van der Waals surface area contributed by atoms with E-state index in [9.17, 15) is 18.4 Å². The highest BCUT2D eigenvalue weighted by molar-refractivity contribution is 5.95. The van der Waals surface area contributed by atoms with Gasteiger partial charge in [-0.3, -0.25) is 14.5 Å². The average Bonchev–Trinajstić information content (AvgIpc) is 3.01. The highest BCUT2D eigenvalue weighted by Crippen LogP contribution is 2.23. The zero-order valence-corrected chi connectivity index (χ0v) is 12.1. The minimum absolute atomic E-state index is 0.0877. The van der Waals surface area contributed by atoms with Gasteiger partial charge >= 0.3 is 5.69 Å². The molecule has 2 aromatic heterocycles. The lowest BCUT2D eigenvalue weighted by Crippen LogP contribution is -2.25. The lowest BCUT2D eigenvalue weighted by Gasteiger charge is -2.10. The van der Waals surface area contributed by atoms with Crippen LogP contribution in [0.4, 0.5) is 8.78 Å². The first-order chi connectivity index (χ1) is 10.4. The fourth-order valence-corrected chi connectivity index (χ4v) is 1.94. The van der Waals surface area contributed by atoms with Crippen molar-refractivity contribution in [1.29, 1.82) is 0 Å². The SMILES string of the molecule is CC(C)Cn1ncc(C(=O)NCc2n[nH]c(=O)[nH]2)c1C(F)F. The molecule has 2 aromatic rings. The zero-order chi connectivity index (χ0) is 16.3. The number of alkyl halides is 2. The Morgan fingerprint density at radius 3 is 2.73 bits per heavy atom. The lowest BCUT2D eigenvalue weighted by molar-refractivity contribution is 0.0931. The second kappa shape index (κ2) is 6.50. The van der Waals surface area contributed by atoms with E-state index in [0.717, 1.165) is 10.9 Å². The molecule has 2 heterocycles. The van der Waals surface area contributed by atoms with Gasteiger partial charge in [0.15, 0.2) is 0 Å². The minimum atomic E-state index is -2.81. The Morgan fingerprint density at radius 2 is 2.18 bits per heavy atom. The van der Waals surface area contributed by atoms with Crippen molar-refractivity contribution >= 4 is 5.91 Å². The summed E-state index contributed by atoms with van der Waals surface area (Å²) in [6, 6.07) is 0. The summed E-state index contributed by atoms with van der Waals surface area (Å²) in [4.78, 5) is 25.2. The Bertz CT molecular complexity index is 703. The van der Waals surface area contributed by atoms with Crippen molar-refractivity contribution < 1.29 is 13.6 Å². The maximum atomic E-state index is 13.2. The van der Waals surface area contributed by atoms with Crippen molar-refractivity contribution in [3.8, 4) is 0 Å². The number of hydrogen-bond acceptors (Lipinski definition) is 4. The van der Waals surface area contributed by atoms with Gasteiger partial charge in [-0.15, -0.1) is 0 Å². The summed E-state index contributed by atoms with van der Waals surface area (Å²) in [6.07, 6.45) is -1.70. The molecular formula is C12H16F2N6O2. The predicted octanol–water partition coefficient (Wildman–Crippen LogP) is 0.818. The summed E-state index contributed by atoms with van der Waals surface area (Å²) < 4.78 is 27.5. The number of hydrogen-bond donors (Lipinski definition) is 3. The first-order valence-electron chi connectivity index (χ1n) is 6.64. The quantitative estimate of drug-likeness (QED) is 0.733. The molecule has 0 aromatic carbocycles. The number of nitrogens with one attached hydrogen (secondary N) is 3. The highest BCUT2D eigenvalue weighted by atomic mass is 19.3. The number of halogens is 2. The van der Waals surface area contributed by atoms with Gasteiger partial charge in [0, 0.05) is 6.54 Å². The van der Waals surface area contributed by atoms with E-state index >= 15 is 0 Å². The molecule has 120 valence electrons. The third-order valence-corrected chi connectivity index (χ3v) is 2.84. The van der Waals surface area contributed by atoms with Crippen molar-refractivity contribution in [2.24, 2.45) is 5.92 Å². The Hall–Kier alpha value is -2.52. The van der Waals surface area contributed by atoms with Gasteiger partial charge in [-0.2, -0.15) is 10.2 Å². The second-order valence-corrected chi connectivity index (χ2v) is 5.13. The Kier molecular flexibility index (Phi) is 4.68. The van der Waals surface area contributed by atoms with Crippen LogP contribution in [0.1, 0.15) is 42.1 Å². The van der Waals surface area contributed by atoms with E-state index in [-0.39, 0.29) is 23.9 Å². The lowest BCUT2D eigenvalue weighted by atomic mass is 10.2. The number of H-pyrrole nitrogens is 2. The molecule has 8 nitrogen and oxygen atoms in total. The Labute approximate surface area is 123 Å². The van der Waals surface area contributed by atoms with Crippen LogP contribution in [0.5, 0.6) is 0 Å². The number of rotatable bonds is 6. The maximum absolute atomic E-state index is 13.2. The summed E-state index contributed by atoms with van der Waals surface area (Å²) in [6.45, 7) is 3.93. The molecule has 10 heteroatoms. The third-order valence-electron chi connectivity index (χ3n) is 2.84. The molecular weight excluding hydrogens is 298 g/mol. The number of amides is 1. The molecule has 0 spiro atoms. The number of carbonyl (C=O) groups excluding carboxylic acids is 1. The molecule has 0 fully saturated rings. The number of nitrogens with zero attached hydrogens (tertiary/aromatic N) is 3. The van der Waals surface area contributed by atoms with Gasteiger partial charge in [-0.05, 0) is 5.92 Å². The molecule has 0 saturated heterocycles. The van der Waals surface area contributed by atoms with Crippen molar-refractivity contribution in [1.82, 2.24) is 30.3 Å². The third kappa shape index (κ3) is 3.57. The van der Waals surface area contributed by atoms with E-state index in [0.29, 0.717) is 6.54 Å². The number of carbonyl (C=O) groups is 1. The molecule has 0 radical (unpaired) electrons. The molecule has 1 amide bonds. The molecule has 0 atom stereocenters. The molecule has 22 heavy (non-hydrogen) atoms. The molecule has 0 aliphatic heterocycles. The fraction of sp³-hybridized carbons (Fsp3) is 0.500. The highest BCUT2D eigenvalue weighted by Gasteiger charge is 2.24. The summed E-state index contributed by atoms with van der Waals surface area (Å²) in [5.74, 6) is -0.386. The second-order valence-electron chi connectivity index (χ2n) is 5.13. The van der Waals surface area contributed by atoms with Gasteiger partial charge < -0.3 is 5.32 Å². The van der Waals surface area contributed by atoms with Gasteiger partial charge in [0.2, 0.25) is 0 Å². The van der Waals surface area contributed by atoms with Crippen LogP contribution in [0.15, 0.2) is 11.0 Å². The van der Waals surface area contributed by atoms with Crippen LogP contribution in [-0.2, 0) is 13.1 Å². The minimum Gasteiger partial charge on any atom is -0.345 e. The van der Waals surface area contributed by atoms with Crippen molar-refractivity contribution in [3.05, 3.63) is 33.8 Å².